The van der Waals surface area contributed by atoms with Crippen molar-refractivity contribution in [2.75, 3.05) is 26.1 Å². The Balaban J connectivity index is 1.54. The maximum Gasteiger partial charge on any atom is 0.253 e. The van der Waals surface area contributed by atoms with Crippen LogP contribution in [0.1, 0.15) is 5.56 Å². The lowest BCUT2D eigenvalue weighted by Crippen LogP contribution is -2.06. The monoisotopic (exact) mass is 355 g/mol. The molecule has 2 N–H and O–H groups in total. The molecule has 2 aromatic carbocycles. The average Bonchev–Trinajstić information content (AvgIpc) is 3.19. The molecule has 2 aromatic heterocycles. The third kappa shape index (κ3) is 2.90. The van der Waals surface area contributed by atoms with Crippen LogP contribution in [0.5, 0.6) is 11.5 Å². The van der Waals surface area contributed by atoms with Gasteiger partial charge in [0.05, 0.1) is 25.3 Å². The minimum atomic E-state index is -0.229. The molecule has 0 bridgehead atoms. The minimum Gasteiger partial charge on any atom is -0.493 e. The number of aromatic nitrogens is 4. The SMILES string of the molecule is COc1cc2nc3nc(NCCc4ccc(F)cc4)[nH]n3c2cc1OC. The summed E-state index contributed by atoms with van der Waals surface area (Å²) in [7, 11) is 3.18. The van der Waals surface area contributed by atoms with Crippen molar-refractivity contribution in [1.29, 1.82) is 0 Å². The van der Waals surface area contributed by atoms with Crippen molar-refractivity contribution < 1.29 is 13.9 Å². The number of hydrogen-bond donors (Lipinski definition) is 2. The smallest absolute Gasteiger partial charge is 0.253 e. The van der Waals surface area contributed by atoms with Gasteiger partial charge in [-0.15, -0.1) is 0 Å². The van der Waals surface area contributed by atoms with Crippen molar-refractivity contribution in [3.8, 4) is 11.5 Å². The second-order valence-electron chi connectivity index (χ2n) is 5.82. The Bertz CT molecular complexity index is 1060. The molecule has 0 spiro atoms. The number of fused-ring (bicyclic) bond motifs is 3. The lowest BCUT2D eigenvalue weighted by Gasteiger charge is -2.06. The lowest BCUT2D eigenvalue weighted by molar-refractivity contribution is 0.355. The van der Waals surface area contributed by atoms with Crippen LogP contribution >= 0.6 is 0 Å². The zero-order valence-corrected chi connectivity index (χ0v) is 14.4. The zero-order valence-electron chi connectivity index (χ0n) is 14.4. The van der Waals surface area contributed by atoms with Gasteiger partial charge in [0.1, 0.15) is 5.82 Å². The predicted molar refractivity (Wildman–Crippen MR) is 96.5 cm³/mol. The van der Waals surface area contributed by atoms with Crippen LogP contribution in [0, 0.1) is 5.82 Å². The molecule has 0 saturated carbocycles. The summed E-state index contributed by atoms with van der Waals surface area (Å²) in [5.41, 5.74) is 2.66. The Morgan fingerprint density at radius 1 is 1.08 bits per heavy atom. The van der Waals surface area contributed by atoms with E-state index in [2.05, 4.69) is 20.4 Å². The number of imidazole rings is 1. The second-order valence-corrected chi connectivity index (χ2v) is 5.82. The van der Waals surface area contributed by atoms with E-state index in [0.29, 0.717) is 29.8 Å². The van der Waals surface area contributed by atoms with E-state index in [1.807, 2.05) is 12.1 Å². The van der Waals surface area contributed by atoms with Gasteiger partial charge in [-0.05, 0) is 24.1 Å². The molecular formula is C18H18FN5O2. The quantitative estimate of drug-likeness (QED) is 0.556. The molecule has 0 aliphatic heterocycles. The van der Waals surface area contributed by atoms with Gasteiger partial charge in [0.2, 0.25) is 5.95 Å². The van der Waals surface area contributed by atoms with E-state index >= 15 is 0 Å². The summed E-state index contributed by atoms with van der Waals surface area (Å²) in [6.45, 7) is 0.664. The number of anilines is 1. The summed E-state index contributed by atoms with van der Waals surface area (Å²) in [6, 6.07) is 10.2. The van der Waals surface area contributed by atoms with E-state index in [0.717, 1.165) is 23.0 Å². The molecular weight excluding hydrogens is 337 g/mol. The summed E-state index contributed by atoms with van der Waals surface area (Å²) in [4.78, 5) is 8.95. The van der Waals surface area contributed by atoms with Gasteiger partial charge < -0.3 is 14.8 Å². The third-order valence-electron chi connectivity index (χ3n) is 4.19. The molecule has 26 heavy (non-hydrogen) atoms. The van der Waals surface area contributed by atoms with E-state index < -0.39 is 0 Å². The molecule has 0 aliphatic rings. The molecule has 0 fully saturated rings. The first-order valence-corrected chi connectivity index (χ1v) is 8.16. The van der Waals surface area contributed by atoms with Crippen LogP contribution in [0.3, 0.4) is 0 Å². The topological polar surface area (TPSA) is 76.5 Å². The van der Waals surface area contributed by atoms with E-state index in [9.17, 15) is 4.39 Å². The van der Waals surface area contributed by atoms with Crippen molar-refractivity contribution in [2.45, 2.75) is 6.42 Å². The van der Waals surface area contributed by atoms with Gasteiger partial charge in [0, 0.05) is 18.7 Å². The molecule has 7 nitrogen and oxygen atoms in total. The fraction of sp³-hybridized carbons (Fsp3) is 0.222. The fourth-order valence-corrected chi connectivity index (χ4v) is 2.86. The number of nitrogens with one attached hydrogen (secondary N) is 2. The van der Waals surface area contributed by atoms with Crippen LogP contribution in [0.25, 0.3) is 16.8 Å². The van der Waals surface area contributed by atoms with Crippen molar-refractivity contribution in [3.63, 3.8) is 0 Å². The van der Waals surface area contributed by atoms with Crippen LogP contribution in [-0.2, 0) is 6.42 Å². The Kier molecular flexibility index (Phi) is 4.08. The van der Waals surface area contributed by atoms with Crippen LogP contribution in [0.15, 0.2) is 36.4 Å². The molecule has 0 unspecified atom stereocenters. The van der Waals surface area contributed by atoms with Gasteiger partial charge in [-0.25, -0.2) is 13.9 Å². The molecule has 4 rings (SSSR count). The summed E-state index contributed by atoms with van der Waals surface area (Å²) < 4.78 is 25.4. The second kappa shape index (κ2) is 6.55. The molecule has 4 aromatic rings. The molecule has 0 amide bonds. The van der Waals surface area contributed by atoms with Gasteiger partial charge >= 0.3 is 0 Å². The maximum absolute atomic E-state index is 12.9. The van der Waals surface area contributed by atoms with Gasteiger partial charge in [0.15, 0.2) is 11.5 Å². The van der Waals surface area contributed by atoms with E-state index in [1.54, 1.807) is 30.9 Å². The largest absolute Gasteiger partial charge is 0.493 e. The van der Waals surface area contributed by atoms with Gasteiger partial charge in [0.25, 0.3) is 5.78 Å². The van der Waals surface area contributed by atoms with Crippen LogP contribution in [0.2, 0.25) is 0 Å². The highest BCUT2D eigenvalue weighted by Crippen LogP contribution is 2.32. The van der Waals surface area contributed by atoms with Gasteiger partial charge in [-0.3, -0.25) is 5.10 Å². The van der Waals surface area contributed by atoms with Crippen molar-refractivity contribution in [1.82, 2.24) is 19.6 Å². The number of H-pyrrole nitrogens is 1. The maximum atomic E-state index is 12.9. The van der Waals surface area contributed by atoms with E-state index in [1.165, 1.54) is 12.1 Å². The molecule has 8 heteroatoms. The average molecular weight is 355 g/mol. The minimum absolute atomic E-state index is 0.229. The molecule has 0 radical (unpaired) electrons. The Morgan fingerprint density at radius 2 is 1.81 bits per heavy atom. The number of nitrogens with zero attached hydrogens (tertiary/aromatic N) is 3. The van der Waals surface area contributed by atoms with Crippen molar-refractivity contribution in [2.24, 2.45) is 0 Å². The Hall–Kier alpha value is -3.29. The molecule has 0 saturated heterocycles. The number of rotatable bonds is 6. The highest BCUT2D eigenvalue weighted by Gasteiger charge is 2.14. The number of aromatic amines is 1. The number of halogens is 1. The first kappa shape index (κ1) is 16.2. The molecule has 0 aliphatic carbocycles. The third-order valence-corrected chi connectivity index (χ3v) is 4.19. The van der Waals surface area contributed by atoms with Crippen molar-refractivity contribution >= 4 is 22.8 Å². The van der Waals surface area contributed by atoms with Crippen LogP contribution < -0.4 is 14.8 Å². The highest BCUT2D eigenvalue weighted by molar-refractivity contribution is 5.83. The van der Waals surface area contributed by atoms with Gasteiger partial charge in [-0.1, -0.05) is 12.1 Å². The first-order valence-electron chi connectivity index (χ1n) is 8.16. The Labute approximate surface area is 148 Å². The van der Waals surface area contributed by atoms with Crippen LogP contribution in [-0.4, -0.2) is 40.3 Å². The summed E-state index contributed by atoms with van der Waals surface area (Å²) in [6.07, 6.45) is 0.759. The summed E-state index contributed by atoms with van der Waals surface area (Å²) in [5.74, 6) is 2.19. The summed E-state index contributed by atoms with van der Waals surface area (Å²) in [5, 5.41) is 6.40. The standard InChI is InChI=1S/C18H18FN5O2/c1-25-15-9-13-14(10-16(15)26-2)24-18(21-13)22-17(23-24)20-8-7-11-3-5-12(19)6-4-11/h3-6,9-10H,7-8H2,1-2H3,(H2,20,21,22,23). The number of benzene rings is 2. The zero-order chi connectivity index (χ0) is 18.1. The summed E-state index contributed by atoms with van der Waals surface area (Å²) >= 11 is 0. The fourth-order valence-electron chi connectivity index (χ4n) is 2.86. The normalized spacial score (nSPS) is 11.2. The molecule has 134 valence electrons. The number of ether oxygens (including phenoxy) is 2. The Morgan fingerprint density at radius 3 is 2.54 bits per heavy atom. The van der Waals surface area contributed by atoms with E-state index in [-0.39, 0.29) is 5.82 Å². The highest BCUT2D eigenvalue weighted by atomic mass is 19.1. The lowest BCUT2D eigenvalue weighted by atomic mass is 10.1. The molecule has 0 atom stereocenters. The molecule has 2 heterocycles. The number of methoxy groups -OCH3 is 2. The van der Waals surface area contributed by atoms with Crippen LogP contribution in [0.4, 0.5) is 10.3 Å². The van der Waals surface area contributed by atoms with Gasteiger partial charge in [-0.2, -0.15) is 4.98 Å². The van der Waals surface area contributed by atoms with E-state index in [4.69, 9.17) is 9.47 Å². The number of hydrogen-bond acceptors (Lipinski definition) is 5. The predicted octanol–water partition coefficient (Wildman–Crippen LogP) is 3.02. The van der Waals surface area contributed by atoms with Crippen molar-refractivity contribution in [3.05, 3.63) is 47.8 Å². The first-order chi connectivity index (χ1) is 12.7.